The molecule has 1 aliphatic rings. The summed E-state index contributed by atoms with van der Waals surface area (Å²) in [6, 6.07) is 4.03. The van der Waals surface area contributed by atoms with E-state index in [0.29, 0.717) is 18.7 Å². The lowest BCUT2D eigenvalue weighted by Crippen LogP contribution is -2.48. The van der Waals surface area contributed by atoms with Gasteiger partial charge in [-0.1, -0.05) is 13.8 Å². The Labute approximate surface area is 149 Å². The second-order valence-electron chi connectivity index (χ2n) is 6.69. The van der Waals surface area contributed by atoms with Crippen molar-refractivity contribution in [1.29, 1.82) is 0 Å². The van der Waals surface area contributed by atoms with Gasteiger partial charge in [0.25, 0.3) is 0 Å². The molecule has 0 spiro atoms. The Morgan fingerprint density at radius 2 is 1.92 bits per heavy atom. The van der Waals surface area contributed by atoms with Crippen molar-refractivity contribution < 1.29 is 18.4 Å². The third-order valence-corrected chi connectivity index (χ3v) is 4.35. The molecule has 1 aromatic carbocycles. The summed E-state index contributed by atoms with van der Waals surface area (Å²) in [6.45, 7) is 4.31. The van der Waals surface area contributed by atoms with Gasteiger partial charge >= 0.3 is 0 Å². The molecule has 8 heteroatoms. The lowest BCUT2D eigenvalue weighted by Gasteiger charge is -2.29. The summed E-state index contributed by atoms with van der Waals surface area (Å²) in [5, 5.41) is 9.30. The molecule has 26 heavy (non-hydrogen) atoms. The van der Waals surface area contributed by atoms with Crippen LogP contribution in [0.2, 0.25) is 0 Å². The fraction of sp³-hybridized carbons (Fsp3) is 0.389. The molecule has 138 valence electrons. The number of nitrogens with one attached hydrogen (secondary N) is 2. The summed E-state index contributed by atoms with van der Waals surface area (Å²) in [4.78, 5) is 26.2. The molecule has 6 nitrogen and oxygen atoms in total. The van der Waals surface area contributed by atoms with E-state index in [-0.39, 0.29) is 29.1 Å². The number of hydrogen-bond acceptors (Lipinski definition) is 3. The summed E-state index contributed by atoms with van der Waals surface area (Å²) in [5.41, 5.74) is 0.655. The van der Waals surface area contributed by atoms with Crippen molar-refractivity contribution in [2.24, 2.45) is 5.92 Å². The Hall–Kier alpha value is -2.77. The van der Waals surface area contributed by atoms with Crippen molar-refractivity contribution in [3.63, 3.8) is 0 Å². The Kier molecular flexibility index (Phi) is 5.01. The highest BCUT2D eigenvalue weighted by atomic mass is 19.1. The third-order valence-electron chi connectivity index (χ3n) is 4.35. The zero-order chi connectivity index (χ0) is 18.8. The summed E-state index contributed by atoms with van der Waals surface area (Å²) in [5.74, 6) is -1.60. The number of benzene rings is 1. The van der Waals surface area contributed by atoms with E-state index in [1.165, 1.54) is 18.2 Å². The van der Waals surface area contributed by atoms with E-state index in [9.17, 15) is 18.4 Å². The first-order chi connectivity index (χ1) is 12.3. The van der Waals surface area contributed by atoms with E-state index >= 15 is 0 Å². The molecule has 0 radical (unpaired) electrons. The number of aromatic nitrogens is 2. The maximum atomic E-state index is 13.4. The molecule has 0 aliphatic carbocycles. The maximum absolute atomic E-state index is 13.4. The zero-order valence-corrected chi connectivity index (χ0v) is 14.6. The first-order valence-corrected chi connectivity index (χ1v) is 8.47. The number of hydrogen-bond donors (Lipinski definition) is 2. The number of H-pyrrole nitrogens is 1. The Morgan fingerprint density at radius 3 is 2.50 bits per heavy atom. The van der Waals surface area contributed by atoms with Gasteiger partial charge in [-0.05, 0) is 24.5 Å². The minimum atomic E-state index is -0.701. The number of anilines is 1. The highest BCUT2D eigenvalue weighted by Crippen LogP contribution is 2.24. The van der Waals surface area contributed by atoms with Crippen molar-refractivity contribution in [2.45, 2.75) is 32.7 Å². The number of likely N-dealkylation sites (tertiary alicyclic amines) is 1. The number of aromatic amines is 1. The molecule has 1 unspecified atom stereocenters. The molecule has 1 fully saturated rings. The van der Waals surface area contributed by atoms with Crippen LogP contribution in [-0.4, -0.2) is 39.5 Å². The Balaban J connectivity index is 1.77. The van der Waals surface area contributed by atoms with Gasteiger partial charge in [0.05, 0.1) is 5.69 Å². The van der Waals surface area contributed by atoms with Crippen molar-refractivity contribution >= 4 is 17.6 Å². The first-order valence-electron chi connectivity index (χ1n) is 8.47. The summed E-state index contributed by atoms with van der Waals surface area (Å²) < 4.78 is 26.7. The summed E-state index contributed by atoms with van der Waals surface area (Å²) >= 11 is 0. The van der Waals surface area contributed by atoms with Gasteiger partial charge in [0.15, 0.2) is 5.82 Å². The molecular weight excluding hydrogens is 342 g/mol. The van der Waals surface area contributed by atoms with E-state index in [4.69, 9.17) is 0 Å². The van der Waals surface area contributed by atoms with Gasteiger partial charge in [-0.25, -0.2) is 8.78 Å². The van der Waals surface area contributed by atoms with E-state index < -0.39 is 17.7 Å². The number of amides is 2. The van der Waals surface area contributed by atoms with Crippen molar-refractivity contribution in [2.75, 3.05) is 11.9 Å². The fourth-order valence-electron chi connectivity index (χ4n) is 3.21. The first kappa shape index (κ1) is 18.0. The summed E-state index contributed by atoms with van der Waals surface area (Å²) in [7, 11) is 0. The van der Waals surface area contributed by atoms with Gasteiger partial charge < -0.3 is 10.2 Å². The molecule has 0 saturated carbocycles. The maximum Gasteiger partial charge on any atom is 0.248 e. The van der Waals surface area contributed by atoms with Crippen LogP contribution < -0.4 is 5.32 Å². The molecule has 1 aromatic heterocycles. The van der Waals surface area contributed by atoms with Crippen LogP contribution in [0.5, 0.6) is 0 Å². The van der Waals surface area contributed by atoms with E-state index in [1.807, 2.05) is 13.8 Å². The lowest BCUT2D eigenvalue weighted by atomic mass is 10.0. The van der Waals surface area contributed by atoms with Crippen LogP contribution in [-0.2, 0) is 9.59 Å². The molecule has 3 rings (SSSR count). The van der Waals surface area contributed by atoms with Crippen LogP contribution in [0.4, 0.5) is 14.6 Å². The number of nitrogens with zero attached hydrogens (tertiary/aromatic N) is 2. The van der Waals surface area contributed by atoms with E-state index in [2.05, 4.69) is 15.5 Å². The summed E-state index contributed by atoms with van der Waals surface area (Å²) in [6.07, 6.45) is 1.20. The number of carbonyl (C=O) groups excluding carboxylic acids is 2. The molecule has 1 aliphatic heterocycles. The van der Waals surface area contributed by atoms with Gasteiger partial charge in [0, 0.05) is 30.7 Å². The van der Waals surface area contributed by atoms with Gasteiger partial charge in [-0.3, -0.25) is 14.7 Å². The standard InChI is InChI=1S/C18H20F2N4O2/c1-10(2)17(24-5-3-4-16(24)25)18(26)21-15-9-14(22-23-15)11-6-12(19)8-13(20)7-11/h6-10,17H,3-5H2,1-2H3,(H2,21,22,23,26). The number of carbonyl (C=O) groups is 2. The Morgan fingerprint density at radius 1 is 1.23 bits per heavy atom. The molecule has 1 atom stereocenters. The smallest absolute Gasteiger partial charge is 0.248 e. The van der Waals surface area contributed by atoms with E-state index in [0.717, 1.165) is 12.5 Å². The van der Waals surface area contributed by atoms with Crippen molar-refractivity contribution in [3.8, 4) is 11.3 Å². The van der Waals surface area contributed by atoms with Gasteiger partial charge in [0.2, 0.25) is 11.8 Å². The SMILES string of the molecule is CC(C)C(C(=O)Nc1cc(-c2cc(F)cc(F)c2)[nH]n1)N1CCCC1=O. The quantitative estimate of drug-likeness (QED) is 0.858. The minimum absolute atomic E-state index is 0.0307. The fourth-order valence-corrected chi connectivity index (χ4v) is 3.21. The van der Waals surface area contributed by atoms with Gasteiger partial charge in [-0.2, -0.15) is 5.10 Å². The predicted octanol–water partition coefficient (Wildman–Crippen LogP) is 2.94. The second-order valence-corrected chi connectivity index (χ2v) is 6.69. The average molecular weight is 362 g/mol. The highest BCUT2D eigenvalue weighted by molar-refractivity contribution is 5.97. The molecule has 2 aromatic rings. The average Bonchev–Trinajstić information content (AvgIpc) is 3.16. The highest BCUT2D eigenvalue weighted by Gasteiger charge is 2.35. The molecule has 2 amide bonds. The van der Waals surface area contributed by atoms with Crippen LogP contribution in [0.3, 0.4) is 0 Å². The van der Waals surface area contributed by atoms with Crippen molar-refractivity contribution in [1.82, 2.24) is 15.1 Å². The van der Waals surface area contributed by atoms with Crippen molar-refractivity contribution in [3.05, 3.63) is 35.9 Å². The normalized spacial score (nSPS) is 15.6. The predicted molar refractivity (Wildman–Crippen MR) is 92.1 cm³/mol. The minimum Gasteiger partial charge on any atom is -0.330 e. The molecule has 0 bridgehead atoms. The van der Waals surface area contributed by atoms with Crippen LogP contribution in [0.25, 0.3) is 11.3 Å². The Bertz CT molecular complexity index is 814. The molecule has 2 heterocycles. The zero-order valence-electron chi connectivity index (χ0n) is 14.6. The van der Waals surface area contributed by atoms with Crippen LogP contribution in [0.1, 0.15) is 26.7 Å². The van der Waals surface area contributed by atoms with Crippen LogP contribution >= 0.6 is 0 Å². The number of halogens is 2. The van der Waals surface area contributed by atoms with E-state index in [1.54, 1.807) is 4.90 Å². The molecule has 1 saturated heterocycles. The topological polar surface area (TPSA) is 78.1 Å². The van der Waals surface area contributed by atoms with Gasteiger partial charge in [-0.15, -0.1) is 0 Å². The monoisotopic (exact) mass is 362 g/mol. The second kappa shape index (κ2) is 7.23. The molecule has 2 N–H and O–H groups in total. The van der Waals surface area contributed by atoms with Crippen LogP contribution in [0, 0.1) is 17.6 Å². The van der Waals surface area contributed by atoms with Crippen LogP contribution in [0.15, 0.2) is 24.3 Å². The van der Waals surface area contributed by atoms with Gasteiger partial charge in [0.1, 0.15) is 17.7 Å². The lowest BCUT2D eigenvalue weighted by molar-refractivity contribution is -0.136. The number of rotatable bonds is 5. The third kappa shape index (κ3) is 3.74. The molecular formula is C18H20F2N4O2. The largest absolute Gasteiger partial charge is 0.330 e.